The summed E-state index contributed by atoms with van der Waals surface area (Å²) in [6, 6.07) is 5.96. The monoisotopic (exact) mass is 423 g/mol. The largest absolute Gasteiger partial charge is 0.486 e. The van der Waals surface area contributed by atoms with Crippen LogP contribution in [-0.2, 0) is 24.5 Å². The first-order valence-electron chi connectivity index (χ1n) is 9.24. The molecular weight excluding hydrogens is 402 g/mol. The summed E-state index contributed by atoms with van der Waals surface area (Å²) < 4.78 is 37.1. The summed E-state index contributed by atoms with van der Waals surface area (Å²) in [6.45, 7) is 0. The summed E-state index contributed by atoms with van der Waals surface area (Å²) in [6.07, 6.45) is 8.61. The van der Waals surface area contributed by atoms with Gasteiger partial charge in [-0.3, -0.25) is 14.1 Å². The predicted octanol–water partition coefficient (Wildman–Crippen LogP) is 2.04. The molecule has 2 unspecified atom stereocenters. The summed E-state index contributed by atoms with van der Waals surface area (Å²) in [5.41, 5.74) is 0.0430. The molecule has 2 aliphatic rings. The van der Waals surface area contributed by atoms with Crippen LogP contribution in [0.15, 0.2) is 36.4 Å². The van der Waals surface area contributed by atoms with Gasteiger partial charge < -0.3 is 9.57 Å². The van der Waals surface area contributed by atoms with Crippen LogP contribution < -0.4 is 4.74 Å². The fraction of sp³-hybridized carbons (Fsp3) is 0.421. The molecule has 10 heteroatoms. The highest BCUT2D eigenvalue weighted by molar-refractivity contribution is 7.87. The summed E-state index contributed by atoms with van der Waals surface area (Å²) in [5, 5.41) is -1.89. The van der Waals surface area contributed by atoms with Crippen LogP contribution >= 0.6 is 0 Å². The van der Waals surface area contributed by atoms with Gasteiger partial charge in [-0.2, -0.15) is 8.42 Å². The van der Waals surface area contributed by atoms with Gasteiger partial charge in [0, 0.05) is 0 Å². The van der Waals surface area contributed by atoms with Crippen molar-refractivity contribution in [2.24, 2.45) is 0 Å². The molecule has 2 atom stereocenters. The van der Waals surface area contributed by atoms with Crippen LogP contribution in [0, 0.1) is 0 Å². The minimum atomic E-state index is -4.77. The van der Waals surface area contributed by atoms with Gasteiger partial charge in [-0.1, -0.05) is 12.5 Å². The maximum atomic E-state index is 12.2. The van der Waals surface area contributed by atoms with Crippen LogP contribution in [0.25, 0.3) is 0 Å². The van der Waals surface area contributed by atoms with E-state index in [9.17, 15) is 22.8 Å². The highest BCUT2D eigenvalue weighted by Gasteiger charge is 2.48. The van der Waals surface area contributed by atoms with Crippen LogP contribution in [0.2, 0.25) is 0 Å². The number of rotatable bonds is 5. The minimum absolute atomic E-state index is 0.0430. The van der Waals surface area contributed by atoms with Gasteiger partial charge in [-0.05, 0) is 56.0 Å². The third-order valence-corrected chi connectivity index (χ3v) is 5.77. The minimum Gasteiger partial charge on any atom is -0.486 e. The van der Waals surface area contributed by atoms with Crippen LogP contribution in [0.1, 0.15) is 48.9 Å². The van der Waals surface area contributed by atoms with Crippen molar-refractivity contribution in [2.75, 3.05) is 0 Å². The SMILES string of the molecule is O=C(ON1C(=O)CC(S(=O)(=O)O)C1=O)c1ccc(OC2/C=C\CCCCC2)cc1. The molecule has 0 spiro atoms. The molecule has 1 aromatic rings. The Morgan fingerprint density at radius 2 is 1.83 bits per heavy atom. The topological polar surface area (TPSA) is 127 Å². The molecule has 9 nitrogen and oxygen atoms in total. The van der Waals surface area contributed by atoms with Crippen molar-refractivity contribution in [1.82, 2.24) is 5.06 Å². The van der Waals surface area contributed by atoms with E-state index in [0.717, 1.165) is 25.7 Å². The number of hydrogen-bond donors (Lipinski definition) is 1. The van der Waals surface area contributed by atoms with E-state index >= 15 is 0 Å². The number of allylic oxidation sites excluding steroid dienone is 1. The Hall–Kier alpha value is -2.72. The first kappa shape index (κ1) is 21.0. The number of nitrogens with zero attached hydrogens (tertiary/aromatic N) is 1. The van der Waals surface area contributed by atoms with Gasteiger partial charge in [0.2, 0.25) is 0 Å². The third kappa shape index (κ3) is 5.21. The standard InChI is InChI=1S/C19H21NO8S/c21-17-12-16(29(24,25)26)18(22)20(17)28-19(23)13-8-10-15(11-9-13)27-14-6-4-2-1-3-5-7-14/h4,6,8-11,14,16H,1-3,5,7,12H2,(H,24,25,26)/b6-4-. The average molecular weight is 423 g/mol. The predicted molar refractivity (Wildman–Crippen MR) is 100 cm³/mol. The molecule has 0 saturated carbocycles. The summed E-state index contributed by atoms with van der Waals surface area (Å²) >= 11 is 0. The Labute approximate surface area is 168 Å². The Balaban J connectivity index is 1.62. The van der Waals surface area contributed by atoms with Crippen LogP contribution in [-0.4, -0.2) is 47.2 Å². The Morgan fingerprint density at radius 3 is 2.48 bits per heavy atom. The van der Waals surface area contributed by atoms with Crippen molar-refractivity contribution in [1.29, 1.82) is 0 Å². The smallest absolute Gasteiger partial charge is 0.363 e. The lowest BCUT2D eigenvalue weighted by atomic mass is 10.0. The number of amides is 2. The number of carbonyl (C=O) groups is 3. The highest BCUT2D eigenvalue weighted by atomic mass is 32.2. The van der Waals surface area contributed by atoms with E-state index in [1.165, 1.54) is 18.6 Å². The van der Waals surface area contributed by atoms with Gasteiger partial charge in [0.05, 0.1) is 12.0 Å². The second-order valence-electron chi connectivity index (χ2n) is 6.86. The third-order valence-electron chi connectivity index (χ3n) is 4.68. The first-order chi connectivity index (χ1) is 13.8. The van der Waals surface area contributed by atoms with Gasteiger partial charge in [-0.15, -0.1) is 5.06 Å². The van der Waals surface area contributed by atoms with E-state index in [-0.39, 0.29) is 16.7 Å². The zero-order valence-electron chi connectivity index (χ0n) is 15.5. The molecule has 156 valence electrons. The molecule has 1 heterocycles. The molecule has 1 aromatic carbocycles. The molecule has 0 radical (unpaired) electrons. The molecule has 2 amide bonds. The van der Waals surface area contributed by atoms with E-state index in [1.54, 1.807) is 12.1 Å². The quantitative estimate of drug-likeness (QED) is 0.433. The number of hydroxylamine groups is 2. The van der Waals surface area contributed by atoms with Crippen molar-refractivity contribution in [2.45, 2.75) is 49.9 Å². The number of hydrogen-bond acceptors (Lipinski definition) is 7. The second-order valence-corrected chi connectivity index (χ2v) is 8.46. The molecule has 0 bridgehead atoms. The molecule has 1 N–H and O–H groups in total. The van der Waals surface area contributed by atoms with Gasteiger partial charge in [0.1, 0.15) is 11.9 Å². The van der Waals surface area contributed by atoms with E-state index in [1.807, 2.05) is 6.08 Å². The van der Waals surface area contributed by atoms with E-state index in [2.05, 4.69) is 6.08 Å². The summed E-state index contributed by atoms with van der Waals surface area (Å²) in [4.78, 5) is 40.6. The fourth-order valence-electron chi connectivity index (χ4n) is 3.12. The summed E-state index contributed by atoms with van der Waals surface area (Å²) in [7, 11) is -4.77. The molecule has 29 heavy (non-hydrogen) atoms. The van der Waals surface area contributed by atoms with Gasteiger partial charge in [0.15, 0.2) is 5.25 Å². The molecule has 1 fully saturated rings. The Bertz CT molecular complexity index is 922. The summed E-state index contributed by atoms with van der Waals surface area (Å²) in [5.74, 6) is -2.79. The molecule has 1 saturated heterocycles. The van der Waals surface area contributed by atoms with Crippen LogP contribution in [0.3, 0.4) is 0 Å². The number of benzene rings is 1. The van der Waals surface area contributed by atoms with Crippen molar-refractivity contribution in [3.63, 3.8) is 0 Å². The lowest BCUT2D eigenvalue weighted by Crippen LogP contribution is -2.36. The molecular formula is C19H21NO8S. The number of ether oxygens (including phenoxy) is 1. The Kier molecular flexibility index (Phi) is 6.33. The number of imide groups is 1. The van der Waals surface area contributed by atoms with Gasteiger partial charge >= 0.3 is 5.97 Å². The van der Waals surface area contributed by atoms with E-state index in [0.29, 0.717) is 5.75 Å². The molecule has 0 aromatic heterocycles. The number of carbonyl (C=O) groups excluding carboxylic acids is 3. The van der Waals surface area contributed by atoms with Crippen molar-refractivity contribution < 1.29 is 36.9 Å². The lowest BCUT2D eigenvalue weighted by molar-refractivity contribution is -0.172. The van der Waals surface area contributed by atoms with E-state index in [4.69, 9.17) is 14.1 Å². The Morgan fingerprint density at radius 1 is 1.10 bits per heavy atom. The first-order valence-corrected chi connectivity index (χ1v) is 10.7. The molecule has 3 rings (SSSR count). The maximum absolute atomic E-state index is 12.2. The lowest BCUT2D eigenvalue weighted by Gasteiger charge is -2.18. The van der Waals surface area contributed by atoms with Crippen LogP contribution in [0.5, 0.6) is 5.75 Å². The van der Waals surface area contributed by atoms with Crippen LogP contribution in [0.4, 0.5) is 0 Å². The fourth-order valence-corrected chi connectivity index (χ4v) is 3.82. The van der Waals surface area contributed by atoms with Crippen molar-refractivity contribution in [3.05, 3.63) is 42.0 Å². The van der Waals surface area contributed by atoms with Gasteiger partial charge in [-0.25, -0.2) is 4.79 Å². The van der Waals surface area contributed by atoms with Crippen molar-refractivity contribution >= 4 is 27.9 Å². The van der Waals surface area contributed by atoms with E-state index < -0.39 is 39.6 Å². The zero-order valence-corrected chi connectivity index (χ0v) is 16.3. The van der Waals surface area contributed by atoms with Gasteiger partial charge in [0.25, 0.3) is 21.9 Å². The maximum Gasteiger partial charge on any atom is 0.363 e. The average Bonchev–Trinajstić information content (AvgIpc) is 2.93. The van der Waals surface area contributed by atoms with Crippen molar-refractivity contribution in [3.8, 4) is 5.75 Å². The normalized spacial score (nSPS) is 24.0. The second kappa shape index (κ2) is 8.75. The molecule has 1 aliphatic heterocycles. The molecule has 1 aliphatic carbocycles. The highest BCUT2D eigenvalue weighted by Crippen LogP contribution is 2.22. The zero-order chi connectivity index (χ0) is 21.0.